The molecule has 0 unspecified atom stereocenters. The maximum Gasteiger partial charge on any atom is 0.248 e. The molecular weight excluding hydrogens is 368 g/mol. The van der Waals surface area contributed by atoms with Crippen LogP contribution in [-0.4, -0.2) is 9.97 Å². The van der Waals surface area contributed by atoms with E-state index in [2.05, 4.69) is 44.2 Å². The van der Waals surface area contributed by atoms with Crippen LogP contribution >= 0.6 is 15.9 Å². The number of nitrogens with one attached hydrogen (secondary N) is 1. The molecule has 0 aliphatic heterocycles. The van der Waals surface area contributed by atoms with Crippen molar-refractivity contribution in [2.75, 3.05) is 11.1 Å². The standard InChI is InChI=1S/C18H17BrN4O/c1-2-12-5-3-4-6-15(12)23-17-16(20)18(22-11-21-17)24-14-9-7-13(19)8-10-14/h3-11H,2,20H2,1H3,(H,21,22,23). The Morgan fingerprint density at radius 2 is 1.83 bits per heavy atom. The molecule has 0 bridgehead atoms. The summed E-state index contributed by atoms with van der Waals surface area (Å²) in [6.07, 6.45) is 2.35. The van der Waals surface area contributed by atoms with Crippen molar-refractivity contribution in [1.82, 2.24) is 9.97 Å². The van der Waals surface area contributed by atoms with Crippen LogP contribution in [0.1, 0.15) is 12.5 Å². The quantitative estimate of drug-likeness (QED) is 0.652. The largest absolute Gasteiger partial charge is 0.437 e. The minimum absolute atomic E-state index is 0.323. The maximum atomic E-state index is 6.18. The Labute approximate surface area is 149 Å². The first-order valence-electron chi connectivity index (χ1n) is 7.56. The number of hydrogen-bond acceptors (Lipinski definition) is 5. The number of para-hydroxylation sites is 1. The minimum atomic E-state index is 0.323. The Morgan fingerprint density at radius 1 is 1.08 bits per heavy atom. The van der Waals surface area contributed by atoms with Gasteiger partial charge >= 0.3 is 0 Å². The van der Waals surface area contributed by atoms with E-state index in [4.69, 9.17) is 10.5 Å². The van der Waals surface area contributed by atoms with Gasteiger partial charge in [0.05, 0.1) is 0 Å². The molecule has 122 valence electrons. The van der Waals surface area contributed by atoms with Gasteiger partial charge in [0.1, 0.15) is 17.8 Å². The molecule has 3 N–H and O–H groups in total. The number of ether oxygens (including phenoxy) is 1. The Morgan fingerprint density at radius 3 is 2.58 bits per heavy atom. The Bertz CT molecular complexity index is 837. The zero-order chi connectivity index (χ0) is 16.9. The zero-order valence-electron chi connectivity index (χ0n) is 13.2. The highest BCUT2D eigenvalue weighted by Crippen LogP contribution is 2.32. The van der Waals surface area contributed by atoms with E-state index >= 15 is 0 Å². The summed E-state index contributed by atoms with van der Waals surface area (Å²) in [5.41, 5.74) is 8.70. The van der Waals surface area contributed by atoms with E-state index in [0.29, 0.717) is 23.1 Å². The molecule has 0 spiro atoms. The molecule has 24 heavy (non-hydrogen) atoms. The van der Waals surface area contributed by atoms with Gasteiger partial charge in [-0.2, -0.15) is 4.98 Å². The molecule has 0 aliphatic carbocycles. The van der Waals surface area contributed by atoms with Crippen molar-refractivity contribution in [3.05, 3.63) is 64.9 Å². The zero-order valence-corrected chi connectivity index (χ0v) is 14.7. The van der Waals surface area contributed by atoms with Gasteiger partial charge in [0.15, 0.2) is 5.82 Å². The van der Waals surface area contributed by atoms with Gasteiger partial charge in [-0.3, -0.25) is 0 Å². The highest BCUT2D eigenvalue weighted by Gasteiger charge is 2.11. The van der Waals surface area contributed by atoms with Crippen LogP contribution < -0.4 is 15.8 Å². The first-order chi connectivity index (χ1) is 11.7. The van der Waals surface area contributed by atoms with Gasteiger partial charge in [0.25, 0.3) is 0 Å². The van der Waals surface area contributed by atoms with Crippen molar-refractivity contribution in [1.29, 1.82) is 0 Å². The van der Waals surface area contributed by atoms with Crippen LogP contribution in [0.4, 0.5) is 17.2 Å². The van der Waals surface area contributed by atoms with Crippen LogP contribution in [0.5, 0.6) is 11.6 Å². The van der Waals surface area contributed by atoms with Crippen molar-refractivity contribution in [2.24, 2.45) is 0 Å². The third kappa shape index (κ3) is 3.65. The van der Waals surface area contributed by atoms with E-state index in [1.165, 1.54) is 11.9 Å². The highest BCUT2D eigenvalue weighted by atomic mass is 79.9. The van der Waals surface area contributed by atoms with Gasteiger partial charge in [-0.05, 0) is 42.3 Å². The molecule has 2 aromatic carbocycles. The second kappa shape index (κ2) is 7.31. The number of rotatable bonds is 5. The normalized spacial score (nSPS) is 10.4. The molecule has 6 heteroatoms. The first-order valence-corrected chi connectivity index (χ1v) is 8.35. The van der Waals surface area contributed by atoms with Gasteiger partial charge in [-0.15, -0.1) is 0 Å². The molecule has 5 nitrogen and oxygen atoms in total. The number of halogens is 1. The lowest BCUT2D eigenvalue weighted by atomic mass is 10.1. The van der Waals surface area contributed by atoms with Gasteiger partial charge in [0, 0.05) is 10.2 Å². The molecule has 0 fully saturated rings. The molecular formula is C18H17BrN4O. The summed E-state index contributed by atoms with van der Waals surface area (Å²) in [4.78, 5) is 8.36. The van der Waals surface area contributed by atoms with Crippen LogP contribution in [0, 0.1) is 0 Å². The number of nitrogens with zero attached hydrogens (tertiary/aromatic N) is 2. The number of anilines is 3. The molecule has 0 amide bonds. The molecule has 0 aliphatic rings. The van der Waals surface area contributed by atoms with Crippen molar-refractivity contribution in [2.45, 2.75) is 13.3 Å². The van der Waals surface area contributed by atoms with E-state index in [1.807, 2.05) is 42.5 Å². The Kier molecular flexibility index (Phi) is 4.96. The monoisotopic (exact) mass is 384 g/mol. The second-order valence-corrected chi connectivity index (χ2v) is 6.05. The molecule has 0 radical (unpaired) electrons. The minimum Gasteiger partial charge on any atom is -0.437 e. The van der Waals surface area contributed by atoms with E-state index in [0.717, 1.165) is 16.6 Å². The lowest BCUT2D eigenvalue weighted by molar-refractivity contribution is 0.464. The summed E-state index contributed by atoms with van der Waals surface area (Å²) in [6, 6.07) is 15.5. The third-order valence-electron chi connectivity index (χ3n) is 3.53. The molecule has 0 atom stereocenters. The van der Waals surface area contributed by atoms with E-state index < -0.39 is 0 Å². The average Bonchev–Trinajstić information content (AvgIpc) is 2.61. The van der Waals surface area contributed by atoms with Crippen LogP contribution in [0.25, 0.3) is 0 Å². The topological polar surface area (TPSA) is 73.1 Å². The molecule has 1 aromatic heterocycles. The predicted octanol–water partition coefficient (Wildman–Crippen LogP) is 4.92. The third-order valence-corrected chi connectivity index (χ3v) is 4.06. The van der Waals surface area contributed by atoms with E-state index in [1.54, 1.807) is 0 Å². The summed E-state index contributed by atoms with van der Waals surface area (Å²) in [6.45, 7) is 2.10. The fourth-order valence-corrected chi connectivity index (χ4v) is 2.52. The summed E-state index contributed by atoms with van der Waals surface area (Å²) in [7, 11) is 0. The first kappa shape index (κ1) is 16.3. The number of nitrogens with two attached hydrogens (primary N) is 1. The lowest BCUT2D eigenvalue weighted by Crippen LogP contribution is -2.04. The molecule has 1 heterocycles. The fraction of sp³-hybridized carbons (Fsp3) is 0.111. The molecule has 0 saturated heterocycles. The van der Waals surface area contributed by atoms with Crippen molar-refractivity contribution < 1.29 is 4.74 Å². The summed E-state index contributed by atoms with van der Waals surface area (Å²) in [5, 5.41) is 3.26. The fourth-order valence-electron chi connectivity index (χ4n) is 2.25. The second-order valence-electron chi connectivity index (χ2n) is 5.13. The summed E-state index contributed by atoms with van der Waals surface area (Å²) >= 11 is 3.39. The van der Waals surface area contributed by atoms with Crippen molar-refractivity contribution in [3.63, 3.8) is 0 Å². The highest BCUT2D eigenvalue weighted by molar-refractivity contribution is 9.10. The molecule has 0 saturated carbocycles. The predicted molar refractivity (Wildman–Crippen MR) is 99.8 cm³/mol. The van der Waals surface area contributed by atoms with Crippen molar-refractivity contribution in [3.8, 4) is 11.6 Å². The lowest BCUT2D eigenvalue weighted by Gasteiger charge is -2.13. The van der Waals surface area contributed by atoms with Crippen LogP contribution in [0.3, 0.4) is 0 Å². The number of nitrogen functional groups attached to an aromatic ring is 1. The number of aryl methyl sites for hydroxylation is 1. The summed E-state index contributed by atoms with van der Waals surface area (Å²) in [5.74, 6) is 1.50. The van der Waals surface area contributed by atoms with Gasteiger partial charge in [-0.25, -0.2) is 4.98 Å². The average molecular weight is 385 g/mol. The van der Waals surface area contributed by atoms with Crippen LogP contribution in [0.2, 0.25) is 0 Å². The molecule has 3 rings (SSSR count). The van der Waals surface area contributed by atoms with E-state index in [9.17, 15) is 0 Å². The van der Waals surface area contributed by atoms with Gasteiger partial charge in [-0.1, -0.05) is 41.1 Å². The van der Waals surface area contributed by atoms with Gasteiger partial charge in [0.2, 0.25) is 5.88 Å². The number of hydrogen-bond donors (Lipinski definition) is 2. The number of benzene rings is 2. The summed E-state index contributed by atoms with van der Waals surface area (Å²) < 4.78 is 6.74. The SMILES string of the molecule is CCc1ccccc1Nc1ncnc(Oc2ccc(Br)cc2)c1N. The van der Waals surface area contributed by atoms with Crippen LogP contribution in [-0.2, 0) is 6.42 Å². The smallest absolute Gasteiger partial charge is 0.248 e. The van der Waals surface area contributed by atoms with Gasteiger partial charge < -0.3 is 15.8 Å². The Hall–Kier alpha value is -2.60. The number of aromatic nitrogens is 2. The van der Waals surface area contributed by atoms with Crippen molar-refractivity contribution >= 4 is 33.1 Å². The van der Waals surface area contributed by atoms with Crippen LogP contribution in [0.15, 0.2) is 59.3 Å². The maximum absolute atomic E-state index is 6.18. The molecule has 3 aromatic rings. The Balaban J connectivity index is 1.86. The van der Waals surface area contributed by atoms with E-state index in [-0.39, 0.29) is 0 Å².